The van der Waals surface area contributed by atoms with E-state index in [1.807, 2.05) is 0 Å². The monoisotopic (exact) mass is 277 g/mol. The average Bonchev–Trinajstić information content (AvgIpc) is 2.95. The van der Waals surface area contributed by atoms with Crippen molar-refractivity contribution in [3.8, 4) is 0 Å². The van der Waals surface area contributed by atoms with E-state index in [0.717, 1.165) is 32.4 Å². The second-order valence-corrected chi connectivity index (χ2v) is 5.22. The minimum absolute atomic E-state index is 0.0625. The first-order valence-electron chi connectivity index (χ1n) is 7.34. The maximum atomic E-state index is 11.8. The van der Waals surface area contributed by atoms with Gasteiger partial charge in [0.25, 0.3) is 5.91 Å². The van der Waals surface area contributed by atoms with Crippen molar-refractivity contribution in [2.45, 2.75) is 31.7 Å². The summed E-state index contributed by atoms with van der Waals surface area (Å²) in [5.41, 5.74) is 0.604. The number of hydrogen-bond acceptors (Lipinski definition) is 4. The van der Waals surface area contributed by atoms with Crippen LogP contribution in [-0.2, 0) is 0 Å². The Morgan fingerprint density at radius 2 is 2.40 bits per heavy atom. The third-order valence-electron chi connectivity index (χ3n) is 3.79. The summed E-state index contributed by atoms with van der Waals surface area (Å²) in [4.78, 5) is 18.0. The topological polar surface area (TPSA) is 65.5 Å². The van der Waals surface area contributed by atoms with Crippen molar-refractivity contribution in [1.29, 1.82) is 0 Å². The molecule has 1 amide bonds. The second-order valence-electron chi connectivity index (χ2n) is 5.22. The van der Waals surface area contributed by atoms with Crippen LogP contribution in [-0.4, -0.2) is 53.2 Å². The number of amides is 1. The first kappa shape index (κ1) is 14.9. The van der Waals surface area contributed by atoms with Gasteiger partial charge in [0.2, 0.25) is 0 Å². The normalized spacial score (nSPS) is 19.1. The van der Waals surface area contributed by atoms with Crippen LogP contribution in [0.3, 0.4) is 0 Å². The maximum Gasteiger partial charge on any atom is 0.252 e. The van der Waals surface area contributed by atoms with Crippen molar-refractivity contribution in [3.63, 3.8) is 0 Å². The summed E-state index contributed by atoms with van der Waals surface area (Å²) in [6.45, 7) is 3.05. The van der Waals surface area contributed by atoms with Crippen LogP contribution in [0.1, 0.15) is 36.0 Å². The number of nitrogens with zero attached hydrogens (tertiary/aromatic N) is 2. The zero-order chi connectivity index (χ0) is 14.2. The van der Waals surface area contributed by atoms with Gasteiger partial charge < -0.3 is 10.4 Å². The van der Waals surface area contributed by atoms with Gasteiger partial charge in [0.1, 0.15) is 0 Å². The van der Waals surface area contributed by atoms with Gasteiger partial charge >= 0.3 is 0 Å². The van der Waals surface area contributed by atoms with Crippen molar-refractivity contribution in [2.75, 3.05) is 26.2 Å². The predicted octanol–water partition coefficient (Wildman–Crippen LogP) is 1.05. The van der Waals surface area contributed by atoms with Gasteiger partial charge in [-0.05, 0) is 50.9 Å². The van der Waals surface area contributed by atoms with Crippen molar-refractivity contribution in [1.82, 2.24) is 15.2 Å². The first-order chi connectivity index (χ1) is 9.81. The lowest BCUT2D eigenvalue weighted by atomic mass is 10.2. The molecule has 1 aromatic rings. The Morgan fingerprint density at radius 1 is 1.50 bits per heavy atom. The molecule has 0 aliphatic carbocycles. The summed E-state index contributed by atoms with van der Waals surface area (Å²) in [5, 5.41) is 12.1. The van der Waals surface area contributed by atoms with Crippen LogP contribution < -0.4 is 5.32 Å². The Balaban J connectivity index is 1.59. The van der Waals surface area contributed by atoms with Crippen molar-refractivity contribution in [3.05, 3.63) is 30.1 Å². The lowest BCUT2D eigenvalue weighted by Gasteiger charge is -2.22. The molecule has 0 bridgehead atoms. The van der Waals surface area contributed by atoms with E-state index < -0.39 is 0 Å². The molecule has 110 valence electrons. The molecule has 2 rings (SSSR count). The molecule has 20 heavy (non-hydrogen) atoms. The number of carbonyl (C=O) groups excluding carboxylic acids is 1. The fourth-order valence-corrected chi connectivity index (χ4v) is 2.64. The smallest absolute Gasteiger partial charge is 0.252 e. The molecule has 1 atom stereocenters. The molecule has 5 nitrogen and oxygen atoms in total. The van der Waals surface area contributed by atoms with Gasteiger partial charge in [-0.3, -0.25) is 14.7 Å². The minimum Gasteiger partial charge on any atom is -0.395 e. The lowest BCUT2D eigenvalue weighted by molar-refractivity contribution is 0.0952. The van der Waals surface area contributed by atoms with Gasteiger partial charge in [-0.2, -0.15) is 0 Å². The zero-order valence-corrected chi connectivity index (χ0v) is 11.8. The summed E-state index contributed by atoms with van der Waals surface area (Å²) < 4.78 is 0. The minimum atomic E-state index is -0.0625. The molecule has 1 aromatic heterocycles. The molecule has 0 aromatic carbocycles. The van der Waals surface area contributed by atoms with E-state index in [2.05, 4.69) is 15.2 Å². The second kappa shape index (κ2) is 7.97. The molecular weight excluding hydrogens is 254 g/mol. The quantitative estimate of drug-likeness (QED) is 0.731. The highest BCUT2D eigenvalue weighted by Crippen LogP contribution is 2.16. The van der Waals surface area contributed by atoms with E-state index >= 15 is 0 Å². The third kappa shape index (κ3) is 4.28. The van der Waals surface area contributed by atoms with Crippen LogP contribution in [0.2, 0.25) is 0 Å². The van der Waals surface area contributed by atoms with Gasteiger partial charge in [-0.25, -0.2) is 0 Å². The molecule has 0 radical (unpaired) electrons. The largest absolute Gasteiger partial charge is 0.395 e. The zero-order valence-electron chi connectivity index (χ0n) is 11.8. The van der Waals surface area contributed by atoms with Crippen molar-refractivity contribution < 1.29 is 9.90 Å². The van der Waals surface area contributed by atoms with Crippen molar-refractivity contribution >= 4 is 5.91 Å². The lowest BCUT2D eigenvalue weighted by Crippen LogP contribution is -2.33. The number of likely N-dealkylation sites (tertiary alicyclic amines) is 1. The van der Waals surface area contributed by atoms with E-state index in [1.165, 1.54) is 6.42 Å². The van der Waals surface area contributed by atoms with E-state index in [1.54, 1.807) is 24.5 Å². The van der Waals surface area contributed by atoms with Crippen LogP contribution >= 0.6 is 0 Å². The SMILES string of the molecule is O=C(NCCCCN1CCCC1CO)c1cccnc1. The molecular formula is C15H23N3O2. The van der Waals surface area contributed by atoms with E-state index in [9.17, 15) is 9.90 Å². The van der Waals surface area contributed by atoms with Crippen LogP contribution in [0.4, 0.5) is 0 Å². The summed E-state index contributed by atoms with van der Waals surface area (Å²) in [7, 11) is 0. The highest BCUT2D eigenvalue weighted by molar-refractivity contribution is 5.93. The number of aromatic nitrogens is 1. The molecule has 2 heterocycles. The standard InChI is InChI=1S/C15H23N3O2/c19-12-14-6-4-10-18(14)9-2-1-8-17-15(20)13-5-3-7-16-11-13/h3,5,7,11,14,19H,1-2,4,6,8-10,12H2,(H,17,20). The highest BCUT2D eigenvalue weighted by atomic mass is 16.3. The fourth-order valence-electron chi connectivity index (χ4n) is 2.64. The van der Waals surface area contributed by atoms with E-state index in [4.69, 9.17) is 0 Å². The summed E-state index contributed by atoms with van der Waals surface area (Å²) in [6.07, 6.45) is 7.53. The number of nitrogens with one attached hydrogen (secondary N) is 1. The Labute approximate surface area is 120 Å². The molecule has 1 fully saturated rings. The molecule has 5 heteroatoms. The number of unbranched alkanes of at least 4 members (excludes halogenated alkanes) is 1. The summed E-state index contributed by atoms with van der Waals surface area (Å²) >= 11 is 0. The molecule has 1 aliphatic heterocycles. The van der Waals surface area contributed by atoms with E-state index in [-0.39, 0.29) is 12.5 Å². The van der Waals surface area contributed by atoms with Crippen LogP contribution in [0.15, 0.2) is 24.5 Å². The first-order valence-corrected chi connectivity index (χ1v) is 7.34. The molecule has 1 saturated heterocycles. The Hall–Kier alpha value is -1.46. The Kier molecular flexibility index (Phi) is 5.95. The average molecular weight is 277 g/mol. The summed E-state index contributed by atoms with van der Waals surface area (Å²) in [5.74, 6) is -0.0625. The maximum absolute atomic E-state index is 11.8. The molecule has 1 unspecified atom stereocenters. The number of aliphatic hydroxyl groups is 1. The predicted molar refractivity (Wildman–Crippen MR) is 77.5 cm³/mol. The number of hydrogen-bond donors (Lipinski definition) is 2. The summed E-state index contributed by atoms with van der Waals surface area (Å²) in [6, 6.07) is 3.87. The molecule has 0 saturated carbocycles. The van der Waals surface area contributed by atoms with E-state index in [0.29, 0.717) is 18.2 Å². The number of pyridine rings is 1. The third-order valence-corrected chi connectivity index (χ3v) is 3.79. The number of carbonyl (C=O) groups is 1. The van der Waals surface area contributed by atoms with Crippen LogP contribution in [0.5, 0.6) is 0 Å². The van der Waals surface area contributed by atoms with Crippen LogP contribution in [0.25, 0.3) is 0 Å². The molecule has 2 N–H and O–H groups in total. The van der Waals surface area contributed by atoms with Crippen molar-refractivity contribution in [2.24, 2.45) is 0 Å². The number of aliphatic hydroxyl groups excluding tert-OH is 1. The number of rotatable bonds is 7. The Morgan fingerprint density at radius 3 is 3.15 bits per heavy atom. The van der Waals surface area contributed by atoms with Gasteiger partial charge in [-0.15, -0.1) is 0 Å². The van der Waals surface area contributed by atoms with Gasteiger partial charge in [0.05, 0.1) is 12.2 Å². The van der Waals surface area contributed by atoms with Gasteiger partial charge in [0, 0.05) is 25.0 Å². The van der Waals surface area contributed by atoms with Crippen LogP contribution in [0, 0.1) is 0 Å². The highest BCUT2D eigenvalue weighted by Gasteiger charge is 2.22. The fraction of sp³-hybridized carbons (Fsp3) is 0.600. The molecule has 1 aliphatic rings. The Bertz CT molecular complexity index is 411. The van der Waals surface area contributed by atoms with Gasteiger partial charge in [0.15, 0.2) is 0 Å². The molecule has 0 spiro atoms. The van der Waals surface area contributed by atoms with Gasteiger partial charge in [-0.1, -0.05) is 0 Å².